The number of nitrogens with one attached hydrogen (secondary N) is 1. The number of aromatic nitrogens is 3. The zero-order chi connectivity index (χ0) is 26.9. The Kier molecular flexibility index (Phi) is 6.28. The summed E-state index contributed by atoms with van der Waals surface area (Å²) in [5, 5.41) is 6.87. The van der Waals surface area contributed by atoms with Crippen LogP contribution in [0.5, 0.6) is 11.5 Å². The first-order valence-electron chi connectivity index (χ1n) is 12.4. The number of carbonyl (C=O) groups excluding carboxylic acids is 1. The van der Waals surface area contributed by atoms with Gasteiger partial charge >= 0.3 is 0 Å². The first-order valence-corrected chi connectivity index (χ1v) is 12.4. The average Bonchev–Trinajstić information content (AvgIpc) is 3.63. The second kappa shape index (κ2) is 10.1. The van der Waals surface area contributed by atoms with Crippen LogP contribution in [-0.2, 0) is 0 Å². The van der Waals surface area contributed by atoms with Crippen molar-refractivity contribution in [1.29, 1.82) is 0 Å². The molecule has 0 radical (unpaired) electrons. The normalized spacial score (nSPS) is 13.1. The second-order valence-electron chi connectivity index (χ2n) is 9.19. The maximum Gasteiger partial charge on any atom is 0.267 e. The highest BCUT2D eigenvalue weighted by Gasteiger charge is 2.18. The van der Waals surface area contributed by atoms with Gasteiger partial charge in [0.25, 0.3) is 11.5 Å². The van der Waals surface area contributed by atoms with Crippen molar-refractivity contribution in [3.05, 3.63) is 113 Å². The van der Waals surface area contributed by atoms with E-state index in [0.29, 0.717) is 17.0 Å². The Balaban J connectivity index is 1.23. The third-order valence-corrected chi connectivity index (χ3v) is 6.63. The van der Waals surface area contributed by atoms with E-state index in [2.05, 4.69) is 15.3 Å². The van der Waals surface area contributed by atoms with Gasteiger partial charge in [-0.05, 0) is 67.4 Å². The molecule has 3 aromatic heterocycles. The summed E-state index contributed by atoms with van der Waals surface area (Å²) in [4.78, 5) is 28.0. The Morgan fingerprint density at radius 3 is 2.49 bits per heavy atom. The van der Waals surface area contributed by atoms with Crippen LogP contribution >= 0.6 is 0 Å². The highest BCUT2D eigenvalue weighted by Crippen LogP contribution is 2.33. The Morgan fingerprint density at radius 2 is 1.72 bits per heavy atom. The maximum absolute atomic E-state index is 15.1. The van der Waals surface area contributed by atoms with Gasteiger partial charge in [-0.15, -0.1) is 0 Å². The Bertz CT molecular complexity index is 1740. The van der Waals surface area contributed by atoms with Crippen molar-refractivity contribution in [1.82, 2.24) is 14.2 Å². The number of amides is 1. The molecule has 1 aliphatic rings. The second-order valence-corrected chi connectivity index (χ2v) is 9.19. The maximum atomic E-state index is 15.1. The van der Waals surface area contributed by atoms with Crippen molar-refractivity contribution in [3.8, 4) is 17.2 Å². The van der Waals surface area contributed by atoms with Gasteiger partial charge in [0.1, 0.15) is 16.9 Å². The zero-order valence-electron chi connectivity index (χ0n) is 20.7. The quantitative estimate of drug-likeness (QED) is 0.320. The molecular weight excluding hydrogens is 504 g/mol. The Morgan fingerprint density at radius 1 is 0.923 bits per heavy atom. The van der Waals surface area contributed by atoms with Crippen molar-refractivity contribution >= 4 is 22.8 Å². The monoisotopic (exact) mass is 527 g/mol. The molecule has 0 bridgehead atoms. The smallest absolute Gasteiger partial charge is 0.267 e. The third kappa shape index (κ3) is 4.84. The molecule has 0 atom stereocenters. The SMILES string of the molecule is O=C(Nc1ccc(Oc2cc(N3CCCC3)cn3nccc23)c(F)c1)c1cccn(-c2ccc(F)cc2)c1=O. The minimum Gasteiger partial charge on any atom is -0.452 e. The van der Waals surface area contributed by atoms with Gasteiger partial charge in [-0.3, -0.25) is 14.2 Å². The highest BCUT2D eigenvalue weighted by molar-refractivity contribution is 6.04. The van der Waals surface area contributed by atoms with E-state index in [4.69, 9.17) is 4.74 Å². The number of hydrogen-bond acceptors (Lipinski definition) is 5. The molecule has 0 spiro atoms. The number of hydrogen-bond donors (Lipinski definition) is 1. The van der Waals surface area contributed by atoms with E-state index >= 15 is 4.39 Å². The Hall–Kier alpha value is -4.99. The number of carbonyl (C=O) groups is 1. The number of rotatable bonds is 6. The molecule has 1 aliphatic heterocycles. The van der Waals surface area contributed by atoms with E-state index in [0.717, 1.165) is 37.7 Å². The minimum atomic E-state index is -0.705. The number of fused-ring (bicyclic) bond motifs is 1. The molecule has 0 unspecified atom stereocenters. The van der Waals surface area contributed by atoms with Gasteiger partial charge < -0.3 is 15.0 Å². The van der Waals surface area contributed by atoms with Gasteiger partial charge in [0.05, 0.1) is 18.1 Å². The molecule has 39 heavy (non-hydrogen) atoms. The van der Waals surface area contributed by atoms with Crippen LogP contribution in [0.4, 0.5) is 20.2 Å². The van der Waals surface area contributed by atoms with Gasteiger partial charge in [0.2, 0.25) is 0 Å². The molecule has 2 aromatic carbocycles. The van der Waals surface area contributed by atoms with Crippen molar-refractivity contribution < 1.29 is 18.3 Å². The van der Waals surface area contributed by atoms with E-state index in [9.17, 15) is 14.0 Å². The van der Waals surface area contributed by atoms with E-state index < -0.39 is 23.1 Å². The molecule has 4 heterocycles. The fraction of sp³-hybridized carbons (Fsp3) is 0.138. The lowest BCUT2D eigenvalue weighted by Gasteiger charge is -2.19. The van der Waals surface area contributed by atoms with E-state index in [-0.39, 0.29) is 17.0 Å². The van der Waals surface area contributed by atoms with Crippen LogP contribution in [0.1, 0.15) is 23.2 Å². The molecule has 1 fully saturated rings. The van der Waals surface area contributed by atoms with Crippen molar-refractivity contribution in [3.63, 3.8) is 0 Å². The zero-order valence-corrected chi connectivity index (χ0v) is 20.7. The summed E-state index contributed by atoms with van der Waals surface area (Å²) in [6.45, 7) is 1.87. The summed E-state index contributed by atoms with van der Waals surface area (Å²) in [5.74, 6) is -1.40. The van der Waals surface area contributed by atoms with Gasteiger partial charge in [0, 0.05) is 42.8 Å². The molecule has 1 saturated heterocycles. The molecule has 6 rings (SSSR count). The van der Waals surface area contributed by atoms with Crippen LogP contribution in [0.25, 0.3) is 11.2 Å². The summed E-state index contributed by atoms with van der Waals surface area (Å²) < 4.78 is 37.3. The van der Waals surface area contributed by atoms with E-state index in [1.54, 1.807) is 16.8 Å². The summed E-state index contributed by atoms with van der Waals surface area (Å²) in [6, 6.07) is 15.9. The standard InChI is InChI=1S/C29H23F2N5O3/c30-19-5-8-21(9-6-19)35-15-3-4-23(29(35)38)28(37)33-20-7-10-26(24(31)16-20)39-27-17-22(34-13-1-2-14-34)18-36-25(27)11-12-32-36/h3-12,15-18H,1-2,13-14H2,(H,33,37). The van der Waals surface area contributed by atoms with Crippen LogP contribution in [0.3, 0.4) is 0 Å². The molecule has 196 valence electrons. The number of pyridine rings is 2. The van der Waals surface area contributed by atoms with Crippen LogP contribution in [0.15, 0.2) is 90.1 Å². The highest BCUT2D eigenvalue weighted by atomic mass is 19.1. The van der Waals surface area contributed by atoms with Gasteiger partial charge in [0.15, 0.2) is 17.3 Å². The Labute approximate surface area is 221 Å². The molecule has 1 amide bonds. The van der Waals surface area contributed by atoms with Crippen molar-refractivity contribution in [2.75, 3.05) is 23.3 Å². The fourth-order valence-electron chi connectivity index (χ4n) is 4.66. The summed E-state index contributed by atoms with van der Waals surface area (Å²) >= 11 is 0. The van der Waals surface area contributed by atoms with Crippen LogP contribution in [0.2, 0.25) is 0 Å². The first-order chi connectivity index (χ1) is 19.0. The summed E-state index contributed by atoms with van der Waals surface area (Å²) in [5.41, 5.74) is 1.45. The summed E-state index contributed by atoms with van der Waals surface area (Å²) in [6.07, 6.45) is 7.28. The van der Waals surface area contributed by atoms with Gasteiger partial charge in [-0.1, -0.05) is 0 Å². The molecule has 1 N–H and O–H groups in total. The molecule has 0 saturated carbocycles. The average molecular weight is 528 g/mol. The first kappa shape index (κ1) is 24.4. The number of anilines is 2. The third-order valence-electron chi connectivity index (χ3n) is 6.63. The number of ether oxygens (including phenoxy) is 1. The van der Waals surface area contributed by atoms with Crippen LogP contribution < -0.4 is 20.5 Å². The largest absolute Gasteiger partial charge is 0.452 e. The lowest BCUT2D eigenvalue weighted by Crippen LogP contribution is -2.27. The number of nitrogens with zero attached hydrogens (tertiary/aromatic N) is 4. The van der Waals surface area contributed by atoms with E-state index in [1.165, 1.54) is 59.3 Å². The molecule has 0 aliphatic carbocycles. The predicted molar refractivity (Wildman–Crippen MR) is 143 cm³/mol. The molecule has 5 aromatic rings. The predicted octanol–water partition coefficient (Wildman–Crippen LogP) is 5.41. The minimum absolute atomic E-state index is 0.0203. The lowest BCUT2D eigenvalue weighted by atomic mass is 10.2. The molecular formula is C29H23F2N5O3. The van der Waals surface area contributed by atoms with Gasteiger partial charge in [-0.25, -0.2) is 13.3 Å². The van der Waals surface area contributed by atoms with Crippen LogP contribution in [0, 0.1) is 11.6 Å². The number of benzene rings is 2. The molecule has 10 heteroatoms. The van der Waals surface area contributed by atoms with Crippen molar-refractivity contribution in [2.45, 2.75) is 12.8 Å². The van der Waals surface area contributed by atoms with Crippen LogP contribution in [-0.4, -0.2) is 33.2 Å². The van der Waals surface area contributed by atoms with Gasteiger partial charge in [-0.2, -0.15) is 5.10 Å². The number of halogens is 2. The molecule has 8 nitrogen and oxygen atoms in total. The summed E-state index contributed by atoms with van der Waals surface area (Å²) in [7, 11) is 0. The fourth-order valence-corrected chi connectivity index (χ4v) is 4.66. The lowest BCUT2D eigenvalue weighted by molar-refractivity contribution is 0.102. The van der Waals surface area contributed by atoms with E-state index in [1.807, 2.05) is 12.3 Å². The topological polar surface area (TPSA) is 80.9 Å². The van der Waals surface area contributed by atoms with Crippen molar-refractivity contribution in [2.24, 2.45) is 0 Å².